The highest BCUT2D eigenvalue weighted by atomic mass is 16.1. The first kappa shape index (κ1) is 27.0. The lowest BCUT2D eigenvalue weighted by Gasteiger charge is -2.20. The summed E-state index contributed by atoms with van der Waals surface area (Å²) in [6.07, 6.45) is 1.89. The van der Waals surface area contributed by atoms with E-state index < -0.39 is 32.2 Å². The summed E-state index contributed by atoms with van der Waals surface area (Å²) in [6, 6.07) is 16.0. The van der Waals surface area contributed by atoms with E-state index in [9.17, 15) is 19.2 Å². The maximum Gasteiger partial charge on any atom is 0.233 e. The Bertz CT molecular complexity index is 2100. The van der Waals surface area contributed by atoms with Crippen molar-refractivity contribution in [3.8, 4) is 0 Å². The van der Waals surface area contributed by atoms with Gasteiger partial charge in [-0.2, -0.15) is 0 Å². The highest BCUT2D eigenvalue weighted by Crippen LogP contribution is 2.38. The summed E-state index contributed by atoms with van der Waals surface area (Å²) < 4.78 is 0. The van der Waals surface area contributed by atoms with Gasteiger partial charge in [-0.15, -0.1) is 0 Å². The third kappa shape index (κ3) is 4.96. The molecule has 0 unspecified atom stereocenters. The molecule has 41 heavy (non-hydrogen) atoms. The van der Waals surface area contributed by atoms with Gasteiger partial charge in [0.15, 0.2) is 22.1 Å². The van der Waals surface area contributed by atoms with Crippen LogP contribution in [0, 0.1) is 23.9 Å². The number of rotatable bonds is 9. The van der Waals surface area contributed by atoms with E-state index in [-0.39, 0.29) is 16.5 Å². The highest BCUT2D eigenvalue weighted by Gasteiger charge is 2.19. The maximum atomic E-state index is 13.5. The first-order chi connectivity index (χ1) is 19.8. The topological polar surface area (TPSA) is 134 Å². The van der Waals surface area contributed by atoms with Gasteiger partial charge in [-0.05, 0) is 49.2 Å². The lowest BCUT2D eigenvalue weighted by atomic mass is 10.0. The van der Waals surface area contributed by atoms with Crippen LogP contribution >= 0.6 is 0 Å². The molecule has 0 fully saturated rings. The van der Waals surface area contributed by atoms with Crippen molar-refractivity contribution in [1.29, 1.82) is 0 Å². The second-order valence-electron chi connectivity index (χ2n) is 9.49. The monoisotopic (exact) mass is 546 g/mol. The van der Waals surface area contributed by atoms with Gasteiger partial charge in [0, 0.05) is 17.6 Å². The zero-order chi connectivity index (χ0) is 29.1. The Morgan fingerprint density at radius 3 is 2.22 bits per heavy atom. The number of benzene rings is 2. The summed E-state index contributed by atoms with van der Waals surface area (Å²) in [5, 5.41) is 5.71. The van der Waals surface area contributed by atoms with Crippen LogP contribution in [-0.2, 0) is 0 Å². The van der Waals surface area contributed by atoms with Crippen LogP contribution in [0.2, 0.25) is 0 Å². The van der Waals surface area contributed by atoms with E-state index in [1.54, 1.807) is 19.1 Å². The van der Waals surface area contributed by atoms with Crippen LogP contribution in [0.3, 0.4) is 0 Å². The average molecular weight is 547 g/mol. The summed E-state index contributed by atoms with van der Waals surface area (Å²) in [6.45, 7) is 12.3. The summed E-state index contributed by atoms with van der Waals surface area (Å²) in [4.78, 5) is 60.0. The molecule has 0 saturated carbocycles. The minimum absolute atomic E-state index is 0.0202. The molecule has 4 N–H and O–H groups in total. The molecule has 1 aromatic heterocycles. The van der Waals surface area contributed by atoms with E-state index >= 15 is 0 Å². The van der Waals surface area contributed by atoms with Crippen LogP contribution in [0.1, 0.15) is 25.3 Å². The molecule has 0 amide bonds. The second-order valence-corrected chi connectivity index (χ2v) is 9.49. The molecular weight excluding hydrogens is 520 g/mol. The Morgan fingerprint density at radius 1 is 0.829 bits per heavy atom. The van der Waals surface area contributed by atoms with Gasteiger partial charge in [-0.1, -0.05) is 43.7 Å². The van der Waals surface area contributed by atoms with Crippen molar-refractivity contribution < 1.29 is 0 Å². The zero-order valence-corrected chi connectivity index (χ0v) is 22.4. The number of unbranched alkanes of at least 4 members (excludes halogenated alkanes) is 1. The molecule has 2 aromatic carbocycles. The van der Waals surface area contributed by atoms with Crippen LogP contribution in [0.25, 0.3) is 15.6 Å². The molecule has 3 aromatic rings. The Morgan fingerprint density at radius 2 is 1.54 bits per heavy atom. The number of hydrogen-bond donors (Lipinski definition) is 4. The second kappa shape index (κ2) is 11.3. The Kier molecular flexibility index (Phi) is 7.43. The van der Waals surface area contributed by atoms with Crippen LogP contribution < -0.4 is 43.2 Å². The fraction of sp³-hybridized carbons (Fsp3) is 0.161. The number of aromatic nitrogens is 1. The molecule has 204 valence electrons. The summed E-state index contributed by atoms with van der Waals surface area (Å²) in [5.74, 6) is 0.865. The average Bonchev–Trinajstić information content (AvgIpc) is 2.97. The Labute approximate surface area is 233 Å². The minimum Gasteiger partial charge on any atom is -0.379 e. The molecule has 5 rings (SSSR count). The molecule has 10 heteroatoms. The van der Waals surface area contributed by atoms with Gasteiger partial charge in [-0.3, -0.25) is 24.6 Å². The lowest BCUT2D eigenvalue weighted by molar-refractivity contribution is 0.831. The predicted molar refractivity (Wildman–Crippen MR) is 162 cm³/mol. The van der Waals surface area contributed by atoms with Crippen LogP contribution in [0.5, 0.6) is 0 Å². The molecule has 0 saturated heterocycles. The van der Waals surface area contributed by atoms with Gasteiger partial charge in [0.05, 0.1) is 33.8 Å². The molecular formula is C31H26N6O4. The zero-order valence-electron chi connectivity index (χ0n) is 22.4. The number of fused-ring (bicyclic) bond motifs is 1. The van der Waals surface area contributed by atoms with E-state index in [2.05, 4.69) is 33.3 Å². The van der Waals surface area contributed by atoms with E-state index in [0.717, 1.165) is 30.7 Å². The van der Waals surface area contributed by atoms with Crippen LogP contribution in [0.15, 0.2) is 79.8 Å². The number of hydrogen-bond acceptors (Lipinski definition) is 9. The molecule has 0 atom stereocenters. The SMILES string of the molecule is [C-]#[N+]c1c(NCCCC)nc(Nc2ccccc2)c(NNc2cccc3c(=O)c4c(=O)ccc(=O)c=4c(=O)c23)c1C. The normalized spacial score (nSPS) is 10.9. The van der Waals surface area contributed by atoms with Crippen molar-refractivity contribution in [2.75, 3.05) is 28.0 Å². The van der Waals surface area contributed by atoms with Crippen molar-refractivity contribution in [3.05, 3.63) is 129 Å². The van der Waals surface area contributed by atoms with Gasteiger partial charge < -0.3 is 16.1 Å². The van der Waals surface area contributed by atoms with E-state index in [4.69, 9.17) is 11.6 Å². The highest BCUT2D eigenvalue weighted by molar-refractivity contribution is 5.95. The first-order valence-electron chi connectivity index (χ1n) is 13.1. The Hall–Kier alpha value is -5.56. The van der Waals surface area contributed by atoms with Gasteiger partial charge in [-0.25, -0.2) is 9.83 Å². The summed E-state index contributed by atoms with van der Waals surface area (Å²) in [7, 11) is 0. The van der Waals surface area contributed by atoms with Gasteiger partial charge in [0.2, 0.25) is 11.1 Å². The molecule has 0 bridgehead atoms. The van der Waals surface area contributed by atoms with Crippen molar-refractivity contribution in [2.45, 2.75) is 26.7 Å². The first-order valence-corrected chi connectivity index (χ1v) is 13.1. The number of anilines is 5. The number of hydrazine groups is 1. The van der Waals surface area contributed by atoms with E-state index in [1.165, 1.54) is 6.07 Å². The number of pyridine rings is 1. The third-order valence-corrected chi connectivity index (χ3v) is 6.83. The van der Waals surface area contributed by atoms with Gasteiger partial charge in [0.25, 0.3) is 0 Å². The number of para-hydroxylation sites is 1. The van der Waals surface area contributed by atoms with Crippen molar-refractivity contribution in [3.63, 3.8) is 0 Å². The quantitative estimate of drug-likeness (QED) is 0.120. The van der Waals surface area contributed by atoms with Crippen molar-refractivity contribution in [2.24, 2.45) is 0 Å². The molecule has 0 radical (unpaired) electrons. The molecule has 2 aliphatic carbocycles. The Balaban J connectivity index is 1.64. The fourth-order valence-electron chi connectivity index (χ4n) is 4.73. The number of nitrogens with one attached hydrogen (secondary N) is 4. The van der Waals surface area contributed by atoms with Crippen LogP contribution in [-0.4, -0.2) is 11.5 Å². The third-order valence-electron chi connectivity index (χ3n) is 6.83. The lowest BCUT2D eigenvalue weighted by Crippen LogP contribution is -2.28. The van der Waals surface area contributed by atoms with Crippen LogP contribution in [0.4, 0.5) is 34.4 Å². The van der Waals surface area contributed by atoms with Gasteiger partial charge in [0.1, 0.15) is 5.82 Å². The van der Waals surface area contributed by atoms with Crippen molar-refractivity contribution in [1.82, 2.24) is 4.98 Å². The summed E-state index contributed by atoms with van der Waals surface area (Å²) >= 11 is 0. The molecule has 10 nitrogen and oxygen atoms in total. The van der Waals surface area contributed by atoms with E-state index in [1.807, 2.05) is 30.3 Å². The minimum atomic E-state index is -0.711. The predicted octanol–water partition coefficient (Wildman–Crippen LogP) is 4.53. The molecule has 0 spiro atoms. The largest absolute Gasteiger partial charge is 0.379 e. The van der Waals surface area contributed by atoms with Crippen molar-refractivity contribution >= 4 is 45.2 Å². The number of nitrogens with zero attached hydrogens (tertiary/aromatic N) is 2. The molecule has 2 aliphatic rings. The van der Waals surface area contributed by atoms with E-state index in [0.29, 0.717) is 35.1 Å². The molecule has 0 aliphatic heterocycles. The summed E-state index contributed by atoms with van der Waals surface area (Å²) in [5.41, 5.74) is 5.68. The standard InChI is InChI=1S/C31H26N6O4/c1-4-5-16-33-30-26(32-3)17(2)27(31(35-30)34-18-10-7-6-8-11-18)37-36-20-13-9-12-19-23(20)29(41)25-22(39)15-14-21(38)24(25)28(19)40/h6-15,36-37H,4-5,16H2,1-2H3,(H2,33,34,35). The fourth-order valence-corrected chi connectivity index (χ4v) is 4.73. The van der Waals surface area contributed by atoms with Gasteiger partial charge >= 0.3 is 0 Å². The molecule has 1 heterocycles. The smallest absolute Gasteiger partial charge is 0.233 e. The maximum absolute atomic E-state index is 13.5.